The van der Waals surface area contributed by atoms with Gasteiger partial charge in [0.05, 0.1) is 0 Å². The van der Waals surface area contributed by atoms with Crippen molar-refractivity contribution < 1.29 is 0 Å². The molecule has 0 spiro atoms. The summed E-state index contributed by atoms with van der Waals surface area (Å²) in [7, 11) is 0. The number of hydrogen-bond acceptors (Lipinski definition) is 2. The number of halogens is 1. The Kier molecular flexibility index (Phi) is 6.75. The largest absolute Gasteiger partial charge is 0.313 e. The van der Waals surface area contributed by atoms with Gasteiger partial charge in [0.15, 0.2) is 0 Å². The van der Waals surface area contributed by atoms with Gasteiger partial charge in [0.1, 0.15) is 0 Å². The van der Waals surface area contributed by atoms with Gasteiger partial charge in [-0.25, -0.2) is 0 Å². The molecule has 1 aliphatic rings. The molecule has 1 saturated carbocycles. The molecule has 0 bridgehead atoms. The first kappa shape index (κ1) is 15.4. The lowest BCUT2D eigenvalue weighted by molar-refractivity contribution is 0.388. The predicted octanol–water partition coefficient (Wildman–Crippen LogP) is 5.10. The van der Waals surface area contributed by atoms with Crippen LogP contribution in [-0.2, 0) is 0 Å². The van der Waals surface area contributed by atoms with E-state index < -0.39 is 0 Å². The highest BCUT2D eigenvalue weighted by molar-refractivity contribution is 9.10. The highest BCUT2D eigenvalue weighted by Gasteiger charge is 2.24. The summed E-state index contributed by atoms with van der Waals surface area (Å²) in [5.74, 6) is 2.10. The standard InChI is InChI=1S/C16H24BrNS/c1-2-11-18-16(13-5-3-4-6-13)12-19-15-9-7-14(17)8-10-15/h7-10,13,16,18H,2-6,11-12H2,1H3. The molecule has 0 aliphatic heterocycles. The fraction of sp³-hybridized carbons (Fsp3) is 0.625. The Bertz CT molecular complexity index is 360. The van der Waals surface area contributed by atoms with Crippen LogP contribution in [-0.4, -0.2) is 18.3 Å². The van der Waals surface area contributed by atoms with Crippen molar-refractivity contribution in [3.05, 3.63) is 28.7 Å². The van der Waals surface area contributed by atoms with E-state index in [9.17, 15) is 0 Å². The zero-order chi connectivity index (χ0) is 13.5. The van der Waals surface area contributed by atoms with Gasteiger partial charge in [0, 0.05) is 21.2 Å². The van der Waals surface area contributed by atoms with Gasteiger partial charge in [-0.05, 0) is 56.0 Å². The topological polar surface area (TPSA) is 12.0 Å². The molecular weight excluding hydrogens is 318 g/mol. The van der Waals surface area contributed by atoms with Gasteiger partial charge in [-0.2, -0.15) is 0 Å². The first-order valence-electron chi connectivity index (χ1n) is 7.41. The van der Waals surface area contributed by atoms with Crippen LogP contribution < -0.4 is 5.32 Å². The predicted molar refractivity (Wildman–Crippen MR) is 88.9 cm³/mol. The van der Waals surface area contributed by atoms with Crippen molar-refractivity contribution in [3.63, 3.8) is 0 Å². The minimum absolute atomic E-state index is 0.691. The van der Waals surface area contributed by atoms with Gasteiger partial charge in [-0.15, -0.1) is 11.8 Å². The molecule has 1 aromatic rings. The fourth-order valence-electron chi connectivity index (χ4n) is 2.77. The Balaban J connectivity index is 1.86. The second-order valence-corrected chi connectivity index (χ2v) is 7.38. The van der Waals surface area contributed by atoms with Crippen LogP contribution in [0.5, 0.6) is 0 Å². The number of benzene rings is 1. The van der Waals surface area contributed by atoms with E-state index in [1.807, 2.05) is 11.8 Å². The van der Waals surface area contributed by atoms with Gasteiger partial charge >= 0.3 is 0 Å². The maximum absolute atomic E-state index is 3.76. The molecule has 3 heteroatoms. The Labute approximate surface area is 130 Å². The fourth-order valence-corrected chi connectivity index (χ4v) is 4.12. The Hall–Kier alpha value is 0.01000. The number of nitrogens with one attached hydrogen (secondary N) is 1. The van der Waals surface area contributed by atoms with Crippen LogP contribution in [0, 0.1) is 5.92 Å². The van der Waals surface area contributed by atoms with E-state index in [2.05, 4.69) is 52.4 Å². The van der Waals surface area contributed by atoms with Crippen molar-refractivity contribution in [3.8, 4) is 0 Å². The third-order valence-corrected chi connectivity index (χ3v) is 5.53. The van der Waals surface area contributed by atoms with E-state index >= 15 is 0 Å². The Morgan fingerprint density at radius 3 is 2.58 bits per heavy atom. The van der Waals surface area contributed by atoms with Crippen LogP contribution in [0.4, 0.5) is 0 Å². The van der Waals surface area contributed by atoms with Crippen molar-refractivity contribution >= 4 is 27.7 Å². The lowest BCUT2D eigenvalue weighted by Crippen LogP contribution is -2.37. The van der Waals surface area contributed by atoms with E-state index in [1.165, 1.54) is 42.8 Å². The van der Waals surface area contributed by atoms with E-state index in [-0.39, 0.29) is 0 Å². The number of hydrogen-bond donors (Lipinski definition) is 1. The third kappa shape index (κ3) is 5.13. The number of rotatable bonds is 7. The summed E-state index contributed by atoms with van der Waals surface area (Å²) in [4.78, 5) is 1.38. The van der Waals surface area contributed by atoms with Crippen LogP contribution in [0.25, 0.3) is 0 Å². The first-order chi connectivity index (χ1) is 9.29. The molecule has 1 unspecified atom stereocenters. The molecule has 1 aromatic carbocycles. The van der Waals surface area contributed by atoms with Gasteiger partial charge in [-0.1, -0.05) is 35.7 Å². The Morgan fingerprint density at radius 1 is 1.26 bits per heavy atom. The van der Waals surface area contributed by atoms with Gasteiger partial charge in [0.25, 0.3) is 0 Å². The quantitative estimate of drug-likeness (QED) is 0.692. The van der Waals surface area contributed by atoms with E-state index in [0.29, 0.717) is 6.04 Å². The molecule has 106 valence electrons. The number of thioether (sulfide) groups is 1. The minimum atomic E-state index is 0.691. The molecule has 19 heavy (non-hydrogen) atoms. The second-order valence-electron chi connectivity index (χ2n) is 5.37. The molecule has 2 rings (SSSR count). The third-order valence-electron chi connectivity index (χ3n) is 3.87. The van der Waals surface area contributed by atoms with Gasteiger partial charge in [-0.3, -0.25) is 0 Å². The van der Waals surface area contributed by atoms with Gasteiger partial charge in [0.2, 0.25) is 0 Å². The van der Waals surface area contributed by atoms with E-state index in [0.717, 1.165) is 16.9 Å². The molecule has 1 aliphatic carbocycles. The van der Waals surface area contributed by atoms with Crippen molar-refractivity contribution in [2.24, 2.45) is 5.92 Å². The van der Waals surface area contributed by atoms with E-state index in [1.54, 1.807) is 0 Å². The molecule has 0 amide bonds. The van der Waals surface area contributed by atoms with Gasteiger partial charge < -0.3 is 5.32 Å². The van der Waals surface area contributed by atoms with Crippen molar-refractivity contribution in [2.45, 2.75) is 50.0 Å². The normalized spacial score (nSPS) is 17.8. The maximum Gasteiger partial charge on any atom is 0.0189 e. The first-order valence-corrected chi connectivity index (χ1v) is 9.19. The van der Waals surface area contributed by atoms with Crippen LogP contribution in [0.1, 0.15) is 39.0 Å². The molecule has 0 saturated heterocycles. The maximum atomic E-state index is 3.76. The van der Waals surface area contributed by atoms with Crippen LogP contribution >= 0.6 is 27.7 Å². The Morgan fingerprint density at radius 2 is 1.95 bits per heavy atom. The lowest BCUT2D eigenvalue weighted by Gasteiger charge is -2.24. The monoisotopic (exact) mass is 341 g/mol. The summed E-state index contributed by atoms with van der Waals surface area (Å²) < 4.78 is 1.16. The molecule has 0 radical (unpaired) electrons. The van der Waals surface area contributed by atoms with Crippen molar-refractivity contribution in [1.29, 1.82) is 0 Å². The average molecular weight is 342 g/mol. The molecule has 0 aromatic heterocycles. The summed E-state index contributed by atoms with van der Waals surface area (Å²) in [6.07, 6.45) is 6.92. The summed E-state index contributed by atoms with van der Waals surface area (Å²) in [5.41, 5.74) is 0. The molecule has 1 atom stereocenters. The van der Waals surface area contributed by atoms with Crippen molar-refractivity contribution in [2.75, 3.05) is 12.3 Å². The summed E-state index contributed by atoms with van der Waals surface area (Å²) >= 11 is 5.48. The molecule has 1 nitrogen and oxygen atoms in total. The van der Waals surface area contributed by atoms with Crippen LogP contribution in [0.2, 0.25) is 0 Å². The van der Waals surface area contributed by atoms with E-state index in [4.69, 9.17) is 0 Å². The minimum Gasteiger partial charge on any atom is -0.313 e. The molecule has 1 N–H and O–H groups in total. The SMILES string of the molecule is CCCNC(CSc1ccc(Br)cc1)C1CCCC1. The molecule has 1 fully saturated rings. The summed E-state index contributed by atoms with van der Waals surface area (Å²) in [6, 6.07) is 9.37. The smallest absolute Gasteiger partial charge is 0.0189 e. The van der Waals surface area contributed by atoms with Crippen LogP contribution in [0.15, 0.2) is 33.6 Å². The molecular formula is C16H24BrNS. The second kappa shape index (κ2) is 8.33. The average Bonchev–Trinajstić information content (AvgIpc) is 2.95. The highest BCUT2D eigenvalue weighted by atomic mass is 79.9. The zero-order valence-corrected chi connectivity index (χ0v) is 14.1. The lowest BCUT2D eigenvalue weighted by atomic mass is 10.00. The summed E-state index contributed by atoms with van der Waals surface area (Å²) in [5, 5.41) is 3.76. The van der Waals surface area contributed by atoms with Crippen LogP contribution in [0.3, 0.4) is 0 Å². The zero-order valence-electron chi connectivity index (χ0n) is 11.7. The highest BCUT2D eigenvalue weighted by Crippen LogP contribution is 2.31. The van der Waals surface area contributed by atoms with Crippen molar-refractivity contribution in [1.82, 2.24) is 5.32 Å². The molecule has 0 heterocycles. The summed E-state index contributed by atoms with van der Waals surface area (Å²) in [6.45, 7) is 3.41.